The van der Waals surface area contributed by atoms with Crippen LogP contribution in [0.3, 0.4) is 0 Å². The Morgan fingerprint density at radius 2 is 1.90 bits per heavy atom. The van der Waals surface area contributed by atoms with Crippen molar-refractivity contribution in [1.29, 1.82) is 0 Å². The van der Waals surface area contributed by atoms with Gasteiger partial charge in [-0.3, -0.25) is 0 Å². The van der Waals surface area contributed by atoms with E-state index in [-0.39, 0.29) is 22.0 Å². The summed E-state index contributed by atoms with van der Waals surface area (Å²) in [4.78, 5) is 0.128. The summed E-state index contributed by atoms with van der Waals surface area (Å²) in [7, 11) is -1.97. The Morgan fingerprint density at radius 3 is 2.43 bits per heavy atom. The number of hydrogen-bond acceptors (Lipinski definition) is 3. The van der Waals surface area contributed by atoms with Crippen LogP contribution in [0.1, 0.15) is 32.3 Å². The first-order chi connectivity index (χ1) is 9.73. The van der Waals surface area contributed by atoms with Crippen LogP contribution in [0.2, 0.25) is 10.0 Å². The molecule has 1 saturated carbocycles. The molecule has 1 aliphatic rings. The highest BCUT2D eigenvalue weighted by atomic mass is 35.5. The molecule has 21 heavy (non-hydrogen) atoms. The Balaban J connectivity index is 2.36. The number of hydrogen-bond donors (Lipinski definition) is 1. The minimum absolute atomic E-state index is 0.0963. The summed E-state index contributed by atoms with van der Waals surface area (Å²) in [5, 5.41) is 3.87. The first-order valence-electron chi connectivity index (χ1n) is 6.93. The van der Waals surface area contributed by atoms with E-state index in [9.17, 15) is 8.42 Å². The molecule has 1 fully saturated rings. The van der Waals surface area contributed by atoms with Crippen LogP contribution < -0.4 is 5.32 Å². The van der Waals surface area contributed by atoms with Gasteiger partial charge in [0.05, 0.1) is 5.02 Å². The molecular formula is C14H20Cl2N2O2S. The summed E-state index contributed by atoms with van der Waals surface area (Å²) < 4.78 is 26.6. The molecule has 0 saturated heterocycles. The van der Waals surface area contributed by atoms with E-state index in [1.165, 1.54) is 10.4 Å². The molecule has 1 aromatic rings. The average Bonchev–Trinajstić information content (AvgIpc) is 3.20. The predicted molar refractivity (Wildman–Crippen MR) is 86.4 cm³/mol. The van der Waals surface area contributed by atoms with Crippen LogP contribution in [0, 0.1) is 0 Å². The van der Waals surface area contributed by atoms with Crippen LogP contribution in [0.5, 0.6) is 0 Å². The van der Waals surface area contributed by atoms with Crippen LogP contribution >= 0.6 is 23.2 Å². The van der Waals surface area contributed by atoms with Gasteiger partial charge in [0.15, 0.2) is 0 Å². The molecule has 0 amide bonds. The summed E-state index contributed by atoms with van der Waals surface area (Å²) in [5.74, 6) is 0. The standard InChI is InChI=1S/C14H20Cl2N2O2S/c1-9(2)17-8-10-6-14(13(16)7-12(10)15)21(19,20)18(3)11-4-5-11/h6-7,9,11,17H,4-5,8H2,1-3H3. The fraction of sp³-hybridized carbons (Fsp3) is 0.571. The van der Waals surface area contributed by atoms with Crippen molar-refractivity contribution < 1.29 is 8.42 Å². The number of benzene rings is 1. The van der Waals surface area contributed by atoms with Crippen molar-refractivity contribution in [2.45, 2.75) is 50.2 Å². The van der Waals surface area contributed by atoms with Gasteiger partial charge in [0.1, 0.15) is 4.90 Å². The summed E-state index contributed by atoms with van der Waals surface area (Å²) >= 11 is 12.3. The summed E-state index contributed by atoms with van der Waals surface area (Å²) in [6.45, 7) is 4.54. The zero-order valence-corrected chi connectivity index (χ0v) is 14.7. The topological polar surface area (TPSA) is 49.4 Å². The Hall–Kier alpha value is -0.330. The first kappa shape index (κ1) is 17.0. The predicted octanol–water partition coefficient (Wildman–Crippen LogP) is 3.27. The van der Waals surface area contributed by atoms with Gasteiger partial charge < -0.3 is 5.32 Å². The normalized spacial score (nSPS) is 16.0. The molecule has 0 radical (unpaired) electrons. The average molecular weight is 351 g/mol. The lowest BCUT2D eigenvalue weighted by Crippen LogP contribution is -2.29. The highest BCUT2D eigenvalue weighted by molar-refractivity contribution is 7.89. The van der Waals surface area contributed by atoms with Crippen LogP contribution in [0.15, 0.2) is 17.0 Å². The smallest absolute Gasteiger partial charge is 0.244 e. The van der Waals surface area contributed by atoms with Gasteiger partial charge in [0.2, 0.25) is 10.0 Å². The molecule has 0 bridgehead atoms. The molecular weight excluding hydrogens is 331 g/mol. The van der Waals surface area contributed by atoms with Crippen molar-refractivity contribution in [3.63, 3.8) is 0 Å². The van der Waals surface area contributed by atoms with Gasteiger partial charge in [-0.2, -0.15) is 4.31 Å². The maximum absolute atomic E-state index is 12.6. The number of nitrogens with one attached hydrogen (secondary N) is 1. The lowest BCUT2D eigenvalue weighted by Gasteiger charge is -2.19. The van der Waals surface area contributed by atoms with Crippen LogP contribution in [-0.4, -0.2) is 31.9 Å². The Labute approximate surface area is 136 Å². The molecule has 7 heteroatoms. The Morgan fingerprint density at radius 1 is 1.29 bits per heavy atom. The molecule has 1 aromatic carbocycles. The summed E-state index contributed by atoms with van der Waals surface area (Å²) in [6, 6.07) is 3.47. The van der Waals surface area contributed by atoms with Crippen molar-refractivity contribution in [2.75, 3.05) is 7.05 Å². The van der Waals surface area contributed by atoms with Crippen LogP contribution in [0.25, 0.3) is 0 Å². The highest BCUT2D eigenvalue weighted by Crippen LogP contribution is 2.35. The van der Waals surface area contributed by atoms with Gasteiger partial charge in [0.25, 0.3) is 0 Å². The van der Waals surface area contributed by atoms with E-state index in [1.54, 1.807) is 13.1 Å². The zero-order chi connectivity index (χ0) is 15.8. The molecule has 4 nitrogen and oxygen atoms in total. The fourth-order valence-corrected chi connectivity index (χ4v) is 4.26. The number of rotatable bonds is 6. The van der Waals surface area contributed by atoms with Crippen molar-refractivity contribution in [2.24, 2.45) is 0 Å². The number of sulfonamides is 1. The van der Waals surface area contributed by atoms with Crippen molar-refractivity contribution >= 4 is 33.2 Å². The molecule has 0 aromatic heterocycles. The molecule has 118 valence electrons. The first-order valence-corrected chi connectivity index (χ1v) is 9.12. The van der Waals surface area contributed by atoms with Gasteiger partial charge in [0, 0.05) is 30.7 Å². The van der Waals surface area contributed by atoms with E-state index in [0.717, 1.165) is 18.4 Å². The lowest BCUT2D eigenvalue weighted by atomic mass is 10.2. The van der Waals surface area contributed by atoms with E-state index < -0.39 is 10.0 Å². The van der Waals surface area contributed by atoms with Crippen LogP contribution in [0.4, 0.5) is 0 Å². The van der Waals surface area contributed by atoms with Gasteiger partial charge in [-0.05, 0) is 30.5 Å². The third-order valence-electron chi connectivity index (χ3n) is 3.52. The molecule has 0 unspecified atom stereocenters. The maximum atomic E-state index is 12.6. The molecule has 0 heterocycles. The summed E-state index contributed by atoms with van der Waals surface area (Å²) in [6.07, 6.45) is 1.81. The number of nitrogens with zero attached hydrogens (tertiary/aromatic N) is 1. The Bertz CT molecular complexity index is 628. The van der Waals surface area contributed by atoms with Gasteiger partial charge in [-0.1, -0.05) is 37.0 Å². The van der Waals surface area contributed by atoms with Crippen LogP contribution in [-0.2, 0) is 16.6 Å². The van der Waals surface area contributed by atoms with Crippen molar-refractivity contribution in [1.82, 2.24) is 9.62 Å². The summed E-state index contributed by atoms with van der Waals surface area (Å²) in [5.41, 5.74) is 0.734. The fourth-order valence-electron chi connectivity index (χ4n) is 2.01. The van der Waals surface area contributed by atoms with Gasteiger partial charge >= 0.3 is 0 Å². The number of halogens is 2. The van der Waals surface area contributed by atoms with E-state index in [4.69, 9.17) is 23.2 Å². The second kappa shape index (κ2) is 6.42. The largest absolute Gasteiger partial charge is 0.310 e. The molecule has 0 atom stereocenters. The van der Waals surface area contributed by atoms with Gasteiger partial charge in [-0.25, -0.2) is 8.42 Å². The minimum Gasteiger partial charge on any atom is -0.310 e. The maximum Gasteiger partial charge on any atom is 0.244 e. The third kappa shape index (κ3) is 3.90. The second-order valence-corrected chi connectivity index (χ2v) is 8.44. The molecule has 1 N–H and O–H groups in total. The quantitative estimate of drug-likeness (QED) is 0.856. The van der Waals surface area contributed by atoms with Crippen molar-refractivity contribution in [3.05, 3.63) is 27.7 Å². The molecule has 0 aliphatic heterocycles. The zero-order valence-electron chi connectivity index (χ0n) is 12.4. The third-order valence-corrected chi connectivity index (χ3v) is 6.25. The van der Waals surface area contributed by atoms with Crippen molar-refractivity contribution in [3.8, 4) is 0 Å². The molecule has 2 rings (SSSR count). The monoisotopic (exact) mass is 350 g/mol. The highest BCUT2D eigenvalue weighted by Gasteiger charge is 2.36. The van der Waals surface area contributed by atoms with E-state index >= 15 is 0 Å². The Kier molecular flexibility index (Phi) is 5.21. The van der Waals surface area contributed by atoms with E-state index in [0.29, 0.717) is 11.6 Å². The molecule has 0 spiro atoms. The van der Waals surface area contributed by atoms with E-state index in [1.807, 2.05) is 13.8 Å². The minimum atomic E-state index is -3.57. The van der Waals surface area contributed by atoms with Gasteiger partial charge in [-0.15, -0.1) is 0 Å². The SMILES string of the molecule is CC(C)NCc1cc(S(=O)(=O)N(C)C2CC2)c(Cl)cc1Cl. The lowest BCUT2D eigenvalue weighted by molar-refractivity contribution is 0.464. The second-order valence-electron chi connectivity index (χ2n) is 5.66. The molecule has 1 aliphatic carbocycles. The van der Waals surface area contributed by atoms with E-state index in [2.05, 4.69) is 5.32 Å².